The molecular weight excluding hydrogens is 363 g/mol. The van der Waals surface area contributed by atoms with Gasteiger partial charge in [0.2, 0.25) is 0 Å². The normalized spacial score (nSPS) is 25.9. The largest absolute Gasteiger partial charge is 0.389 e. The van der Waals surface area contributed by atoms with Gasteiger partial charge in [-0.15, -0.1) is 24.8 Å². The van der Waals surface area contributed by atoms with Gasteiger partial charge < -0.3 is 26.0 Å². The Balaban J connectivity index is 0. The maximum absolute atomic E-state index is 10.3. The molecule has 7 heteroatoms. The molecule has 25 heavy (non-hydrogen) atoms. The Kier molecular flexibility index (Phi) is 18.3. The second-order valence-corrected chi connectivity index (χ2v) is 7.11. The van der Waals surface area contributed by atoms with Gasteiger partial charge in [0, 0.05) is 19.6 Å². The van der Waals surface area contributed by atoms with E-state index in [-0.39, 0.29) is 24.8 Å². The summed E-state index contributed by atoms with van der Waals surface area (Å²) < 4.78 is 0. The standard InChI is InChI=1S/C18H38N2O3.2ClH/c1-2-3-4-5-6-7-8-9-10-11-12-19-14-18(23)15-20-13-16(21)17(18)22;;/h16-17,19-23H,2-15H2,1H3;2*1H/t16-,17+,18+;;/m0../s1. The molecule has 1 aliphatic heterocycles. The Bertz CT molecular complexity index is 301. The first-order valence-electron chi connectivity index (χ1n) is 9.60. The number of aliphatic hydroxyl groups excluding tert-OH is 2. The van der Waals surface area contributed by atoms with Crippen LogP contribution in [0.1, 0.15) is 71.1 Å². The molecule has 0 aromatic heterocycles. The average molecular weight is 403 g/mol. The Labute approximate surface area is 166 Å². The zero-order valence-electron chi connectivity index (χ0n) is 15.7. The second kappa shape index (κ2) is 16.5. The fourth-order valence-corrected chi connectivity index (χ4v) is 3.22. The van der Waals surface area contributed by atoms with Crippen molar-refractivity contribution < 1.29 is 15.3 Å². The molecule has 0 bridgehead atoms. The first-order valence-corrected chi connectivity index (χ1v) is 9.60. The lowest BCUT2D eigenvalue weighted by Gasteiger charge is -2.40. The highest BCUT2D eigenvalue weighted by molar-refractivity contribution is 5.85. The van der Waals surface area contributed by atoms with Crippen molar-refractivity contribution in [3.8, 4) is 0 Å². The summed E-state index contributed by atoms with van der Waals surface area (Å²) in [7, 11) is 0. The number of aliphatic hydroxyl groups is 3. The van der Waals surface area contributed by atoms with Gasteiger partial charge in [0.25, 0.3) is 0 Å². The van der Waals surface area contributed by atoms with Crippen LogP contribution in [0.3, 0.4) is 0 Å². The molecule has 3 atom stereocenters. The van der Waals surface area contributed by atoms with E-state index in [2.05, 4.69) is 17.6 Å². The van der Waals surface area contributed by atoms with Crippen molar-refractivity contribution in [3.05, 3.63) is 0 Å². The van der Waals surface area contributed by atoms with Crippen LogP contribution >= 0.6 is 24.8 Å². The molecule has 1 fully saturated rings. The monoisotopic (exact) mass is 402 g/mol. The van der Waals surface area contributed by atoms with Gasteiger partial charge in [-0.1, -0.05) is 64.7 Å². The molecule has 1 saturated heterocycles. The fraction of sp³-hybridized carbons (Fsp3) is 1.00. The van der Waals surface area contributed by atoms with Crippen molar-refractivity contribution in [2.45, 2.75) is 88.9 Å². The van der Waals surface area contributed by atoms with Crippen molar-refractivity contribution in [2.24, 2.45) is 0 Å². The van der Waals surface area contributed by atoms with Crippen LogP contribution in [0, 0.1) is 0 Å². The number of hydrogen-bond donors (Lipinski definition) is 5. The van der Waals surface area contributed by atoms with Crippen LogP contribution in [-0.2, 0) is 0 Å². The van der Waals surface area contributed by atoms with Crippen LogP contribution in [0.25, 0.3) is 0 Å². The van der Waals surface area contributed by atoms with Gasteiger partial charge in [-0.3, -0.25) is 0 Å². The minimum absolute atomic E-state index is 0. The van der Waals surface area contributed by atoms with E-state index in [1.165, 1.54) is 57.8 Å². The Hall–Kier alpha value is 0.380. The molecular formula is C18H40Cl2N2O3. The molecule has 0 unspecified atom stereocenters. The van der Waals surface area contributed by atoms with E-state index < -0.39 is 17.8 Å². The second-order valence-electron chi connectivity index (χ2n) is 7.11. The summed E-state index contributed by atoms with van der Waals surface area (Å²) in [5.41, 5.74) is -1.27. The summed E-state index contributed by atoms with van der Waals surface area (Å²) in [6.07, 6.45) is 11.1. The highest BCUT2D eigenvalue weighted by atomic mass is 35.5. The van der Waals surface area contributed by atoms with Gasteiger partial charge in [-0.2, -0.15) is 0 Å². The predicted molar refractivity (Wildman–Crippen MR) is 109 cm³/mol. The van der Waals surface area contributed by atoms with Crippen molar-refractivity contribution in [3.63, 3.8) is 0 Å². The molecule has 0 saturated carbocycles. The number of halogens is 2. The van der Waals surface area contributed by atoms with E-state index in [0.29, 0.717) is 19.6 Å². The van der Waals surface area contributed by atoms with E-state index in [1.54, 1.807) is 0 Å². The maximum Gasteiger partial charge on any atom is 0.118 e. The first-order chi connectivity index (χ1) is 11.1. The van der Waals surface area contributed by atoms with Crippen LogP contribution < -0.4 is 10.6 Å². The maximum atomic E-state index is 10.3. The lowest BCUT2D eigenvalue weighted by Crippen LogP contribution is -2.66. The summed E-state index contributed by atoms with van der Waals surface area (Å²) in [5, 5.41) is 36.0. The van der Waals surface area contributed by atoms with Gasteiger partial charge in [-0.05, 0) is 13.0 Å². The predicted octanol–water partition coefficient (Wildman–Crippen LogP) is 2.40. The van der Waals surface area contributed by atoms with E-state index >= 15 is 0 Å². The third-order valence-electron chi connectivity index (χ3n) is 4.84. The molecule has 0 aliphatic carbocycles. The molecule has 1 aliphatic rings. The quantitative estimate of drug-likeness (QED) is 0.305. The number of rotatable bonds is 13. The Morgan fingerprint density at radius 1 is 0.920 bits per heavy atom. The summed E-state index contributed by atoms with van der Waals surface area (Å²) in [6.45, 7) is 4.07. The van der Waals surface area contributed by atoms with Gasteiger partial charge >= 0.3 is 0 Å². The van der Waals surface area contributed by atoms with Gasteiger partial charge in [0.05, 0.1) is 6.10 Å². The lowest BCUT2D eigenvalue weighted by atomic mass is 9.89. The van der Waals surface area contributed by atoms with E-state index in [1.807, 2.05) is 0 Å². The van der Waals surface area contributed by atoms with Crippen molar-refractivity contribution in [2.75, 3.05) is 26.2 Å². The molecule has 5 N–H and O–H groups in total. The molecule has 0 spiro atoms. The number of hydrogen-bond acceptors (Lipinski definition) is 5. The molecule has 0 radical (unpaired) electrons. The van der Waals surface area contributed by atoms with E-state index in [0.717, 1.165) is 13.0 Å². The average Bonchev–Trinajstić information content (AvgIpc) is 2.54. The number of piperidine rings is 1. The smallest absolute Gasteiger partial charge is 0.118 e. The third kappa shape index (κ3) is 11.6. The molecule has 1 heterocycles. The number of nitrogens with one attached hydrogen (secondary N) is 2. The van der Waals surface area contributed by atoms with Crippen LogP contribution in [0.15, 0.2) is 0 Å². The summed E-state index contributed by atoms with van der Waals surface area (Å²) >= 11 is 0. The number of unbranched alkanes of at least 4 members (excludes halogenated alkanes) is 9. The summed E-state index contributed by atoms with van der Waals surface area (Å²) in [6, 6.07) is 0. The Morgan fingerprint density at radius 3 is 2.00 bits per heavy atom. The van der Waals surface area contributed by atoms with Crippen LogP contribution in [0.5, 0.6) is 0 Å². The summed E-state index contributed by atoms with van der Waals surface area (Å²) in [4.78, 5) is 0. The number of β-amino-alcohol motifs (C(OH)–C–C–N with tert-alkyl or cyclic N) is 2. The van der Waals surface area contributed by atoms with Gasteiger partial charge in [0.1, 0.15) is 11.7 Å². The summed E-state index contributed by atoms with van der Waals surface area (Å²) in [5.74, 6) is 0. The Morgan fingerprint density at radius 2 is 1.44 bits per heavy atom. The molecule has 154 valence electrons. The van der Waals surface area contributed by atoms with Crippen LogP contribution in [0.4, 0.5) is 0 Å². The van der Waals surface area contributed by atoms with Crippen LogP contribution in [-0.4, -0.2) is 59.3 Å². The highest BCUT2D eigenvalue weighted by Gasteiger charge is 2.42. The molecule has 5 nitrogen and oxygen atoms in total. The van der Waals surface area contributed by atoms with Crippen molar-refractivity contribution >= 4 is 24.8 Å². The van der Waals surface area contributed by atoms with E-state index in [4.69, 9.17) is 0 Å². The zero-order valence-corrected chi connectivity index (χ0v) is 17.3. The molecule has 0 aromatic rings. The molecule has 1 rings (SSSR count). The highest BCUT2D eigenvalue weighted by Crippen LogP contribution is 2.16. The zero-order chi connectivity index (χ0) is 17.0. The first kappa shape index (κ1) is 27.6. The van der Waals surface area contributed by atoms with E-state index in [9.17, 15) is 15.3 Å². The molecule has 0 amide bonds. The van der Waals surface area contributed by atoms with Gasteiger partial charge in [-0.25, -0.2) is 0 Å². The SMILES string of the molecule is CCCCCCCCCCCCNC[C@@]1(O)CNC[C@H](O)[C@H]1O.Cl.Cl. The topological polar surface area (TPSA) is 84.8 Å². The van der Waals surface area contributed by atoms with Crippen molar-refractivity contribution in [1.29, 1.82) is 0 Å². The minimum Gasteiger partial charge on any atom is -0.389 e. The fourth-order valence-electron chi connectivity index (χ4n) is 3.22. The van der Waals surface area contributed by atoms with Crippen LogP contribution in [0.2, 0.25) is 0 Å². The molecule has 0 aromatic carbocycles. The third-order valence-corrected chi connectivity index (χ3v) is 4.84. The van der Waals surface area contributed by atoms with Gasteiger partial charge in [0.15, 0.2) is 0 Å². The minimum atomic E-state index is -1.27. The van der Waals surface area contributed by atoms with Crippen molar-refractivity contribution in [1.82, 2.24) is 10.6 Å². The lowest BCUT2D eigenvalue weighted by molar-refractivity contribution is -0.138.